The number of nitrogens with one attached hydrogen (secondary N) is 3. The molecule has 1 saturated carbocycles. The third kappa shape index (κ3) is 4.05. The van der Waals surface area contributed by atoms with Crippen molar-refractivity contribution in [3.8, 4) is 0 Å². The number of likely N-dealkylation sites (tertiary alicyclic amines) is 1. The molecule has 3 rings (SSSR count). The van der Waals surface area contributed by atoms with Crippen molar-refractivity contribution in [2.24, 2.45) is 34.6 Å². The van der Waals surface area contributed by atoms with Gasteiger partial charge < -0.3 is 16.0 Å². The summed E-state index contributed by atoms with van der Waals surface area (Å²) in [6, 6.07) is 0. The average molecular weight is 390 g/mol. The number of allylic oxidation sites excluding steroid dienone is 2. The highest BCUT2D eigenvalue weighted by atomic mass is 16.2. The number of hydrogen-bond acceptors (Lipinski definition) is 4. The highest BCUT2D eigenvalue weighted by Gasteiger charge is 2.58. The van der Waals surface area contributed by atoms with Crippen molar-refractivity contribution in [2.45, 2.75) is 27.2 Å². The maximum Gasteiger partial charge on any atom is 0.233 e. The Balaban J connectivity index is 1.46. The first-order valence-electron chi connectivity index (χ1n) is 10.3. The molecule has 1 aliphatic heterocycles. The van der Waals surface area contributed by atoms with Gasteiger partial charge in [0, 0.05) is 32.1 Å². The summed E-state index contributed by atoms with van der Waals surface area (Å²) in [6.45, 7) is 8.08. The van der Waals surface area contributed by atoms with E-state index in [0.717, 1.165) is 6.42 Å². The molecule has 1 heterocycles. The molecular weight excluding hydrogens is 358 g/mol. The maximum absolute atomic E-state index is 12.7. The van der Waals surface area contributed by atoms with Crippen molar-refractivity contribution >= 4 is 23.7 Å². The molecule has 2 aliphatic carbocycles. The molecule has 3 amide bonds. The van der Waals surface area contributed by atoms with Crippen LogP contribution in [0.4, 0.5) is 0 Å². The predicted octanol–water partition coefficient (Wildman–Crippen LogP) is 0.121. The van der Waals surface area contributed by atoms with Gasteiger partial charge in [0.1, 0.15) is 0 Å². The van der Waals surface area contributed by atoms with E-state index in [4.69, 9.17) is 0 Å². The summed E-state index contributed by atoms with van der Waals surface area (Å²) >= 11 is 0. The molecule has 154 valence electrons. The summed E-state index contributed by atoms with van der Waals surface area (Å²) in [4.78, 5) is 42.8. The fourth-order valence-electron chi connectivity index (χ4n) is 4.36. The second-order valence-corrected chi connectivity index (χ2v) is 7.96. The minimum absolute atomic E-state index is 0.00761. The van der Waals surface area contributed by atoms with Crippen LogP contribution in [0.5, 0.6) is 0 Å². The molecule has 4 atom stereocenters. The van der Waals surface area contributed by atoms with Gasteiger partial charge in [0.15, 0.2) is 5.96 Å². The standard InChI is InChI=1S/C20H31N5O3/c1-4-21-20(23-8-7-22-17(26)12(2)3)24-9-10-25-18(27)15-13-5-6-14(11-13)16(15)19(25)28/h5-6,12-16H,4,7-11H2,1-3H3,(H,22,26)(H2,21,23,24). The summed E-state index contributed by atoms with van der Waals surface area (Å²) in [7, 11) is 0. The quantitative estimate of drug-likeness (QED) is 0.180. The molecule has 3 aliphatic rings. The summed E-state index contributed by atoms with van der Waals surface area (Å²) < 4.78 is 0. The van der Waals surface area contributed by atoms with Gasteiger partial charge in [0.2, 0.25) is 17.7 Å². The fourth-order valence-corrected chi connectivity index (χ4v) is 4.36. The predicted molar refractivity (Wildman–Crippen MR) is 106 cm³/mol. The average Bonchev–Trinajstić information content (AvgIpc) is 3.34. The number of nitrogens with zero attached hydrogens (tertiary/aromatic N) is 2. The smallest absolute Gasteiger partial charge is 0.233 e. The topological polar surface area (TPSA) is 103 Å². The van der Waals surface area contributed by atoms with Gasteiger partial charge in [-0.1, -0.05) is 26.0 Å². The highest BCUT2D eigenvalue weighted by molar-refractivity contribution is 6.06. The number of carbonyl (C=O) groups excluding carboxylic acids is 3. The largest absolute Gasteiger partial charge is 0.357 e. The van der Waals surface area contributed by atoms with Crippen LogP contribution in [0.3, 0.4) is 0 Å². The highest BCUT2D eigenvalue weighted by Crippen LogP contribution is 2.52. The monoisotopic (exact) mass is 389 g/mol. The van der Waals surface area contributed by atoms with Gasteiger partial charge in [-0.05, 0) is 25.2 Å². The van der Waals surface area contributed by atoms with Crippen LogP contribution < -0.4 is 16.0 Å². The molecular formula is C20H31N5O3. The maximum atomic E-state index is 12.7. The Morgan fingerprint density at radius 3 is 2.32 bits per heavy atom. The van der Waals surface area contributed by atoms with E-state index in [9.17, 15) is 14.4 Å². The summed E-state index contributed by atoms with van der Waals surface area (Å²) in [5.74, 6) is 0.724. The van der Waals surface area contributed by atoms with Crippen molar-refractivity contribution in [1.82, 2.24) is 20.9 Å². The number of fused-ring (bicyclic) bond motifs is 5. The van der Waals surface area contributed by atoms with Crippen molar-refractivity contribution < 1.29 is 14.4 Å². The van der Waals surface area contributed by atoms with Crippen LogP contribution in [-0.2, 0) is 14.4 Å². The Kier molecular flexibility index (Phi) is 6.36. The Morgan fingerprint density at radius 2 is 1.75 bits per heavy atom. The SMILES string of the molecule is CCNC(=NCCNC(=O)C(C)C)NCCN1C(=O)C2C3C=CC(C3)C2C1=O. The minimum atomic E-state index is -0.144. The molecule has 0 aromatic heterocycles. The number of imide groups is 1. The molecule has 2 bridgehead atoms. The number of hydrogen-bond donors (Lipinski definition) is 3. The van der Waals surface area contributed by atoms with Crippen molar-refractivity contribution in [2.75, 3.05) is 32.7 Å². The molecule has 1 saturated heterocycles. The number of aliphatic imine (C=N–C) groups is 1. The second kappa shape index (κ2) is 8.75. The van der Waals surface area contributed by atoms with Crippen LogP contribution in [0, 0.1) is 29.6 Å². The van der Waals surface area contributed by atoms with Gasteiger partial charge in [0.25, 0.3) is 0 Å². The van der Waals surface area contributed by atoms with Gasteiger partial charge in [-0.3, -0.25) is 24.3 Å². The number of carbonyl (C=O) groups is 3. The van der Waals surface area contributed by atoms with Crippen LogP contribution in [-0.4, -0.2) is 61.3 Å². The molecule has 8 nitrogen and oxygen atoms in total. The van der Waals surface area contributed by atoms with E-state index < -0.39 is 0 Å². The van der Waals surface area contributed by atoms with Gasteiger partial charge in [-0.15, -0.1) is 0 Å². The van der Waals surface area contributed by atoms with Gasteiger partial charge >= 0.3 is 0 Å². The molecule has 0 aromatic carbocycles. The van der Waals surface area contributed by atoms with E-state index in [1.54, 1.807) is 0 Å². The van der Waals surface area contributed by atoms with Crippen molar-refractivity contribution in [3.63, 3.8) is 0 Å². The zero-order chi connectivity index (χ0) is 20.3. The zero-order valence-electron chi connectivity index (χ0n) is 16.9. The van der Waals surface area contributed by atoms with Gasteiger partial charge in [-0.25, -0.2) is 0 Å². The molecule has 2 fully saturated rings. The van der Waals surface area contributed by atoms with Crippen LogP contribution in [0.2, 0.25) is 0 Å². The van der Waals surface area contributed by atoms with Crippen LogP contribution in [0.25, 0.3) is 0 Å². The van der Waals surface area contributed by atoms with E-state index in [0.29, 0.717) is 38.7 Å². The lowest BCUT2D eigenvalue weighted by Gasteiger charge is -2.18. The van der Waals surface area contributed by atoms with Crippen molar-refractivity contribution in [3.05, 3.63) is 12.2 Å². The number of guanidine groups is 1. The van der Waals surface area contributed by atoms with Gasteiger partial charge in [-0.2, -0.15) is 0 Å². The fraction of sp³-hybridized carbons (Fsp3) is 0.700. The first kappa shape index (κ1) is 20.4. The van der Waals surface area contributed by atoms with Crippen LogP contribution in [0.1, 0.15) is 27.2 Å². The van der Waals surface area contributed by atoms with E-state index in [1.165, 1.54) is 4.90 Å². The number of rotatable bonds is 8. The summed E-state index contributed by atoms with van der Waals surface area (Å²) in [5.41, 5.74) is 0. The molecule has 4 unspecified atom stereocenters. The molecule has 28 heavy (non-hydrogen) atoms. The van der Waals surface area contributed by atoms with E-state index in [1.807, 2.05) is 20.8 Å². The van der Waals surface area contributed by atoms with E-state index in [-0.39, 0.29) is 47.3 Å². The minimum Gasteiger partial charge on any atom is -0.357 e. The Hall–Kier alpha value is -2.38. The van der Waals surface area contributed by atoms with E-state index in [2.05, 4.69) is 33.1 Å². The molecule has 0 radical (unpaired) electrons. The van der Waals surface area contributed by atoms with Crippen LogP contribution >= 0.6 is 0 Å². The Labute approximate surface area is 166 Å². The third-order valence-electron chi connectivity index (χ3n) is 5.74. The van der Waals surface area contributed by atoms with Gasteiger partial charge in [0.05, 0.1) is 18.4 Å². The molecule has 0 aromatic rings. The lowest BCUT2D eigenvalue weighted by atomic mass is 9.85. The lowest BCUT2D eigenvalue weighted by molar-refractivity contribution is -0.140. The first-order valence-corrected chi connectivity index (χ1v) is 10.3. The normalized spacial score (nSPS) is 28.3. The van der Waals surface area contributed by atoms with Crippen molar-refractivity contribution in [1.29, 1.82) is 0 Å². The number of amides is 3. The molecule has 0 spiro atoms. The molecule has 8 heteroatoms. The zero-order valence-corrected chi connectivity index (χ0v) is 16.9. The Morgan fingerprint density at radius 1 is 1.11 bits per heavy atom. The lowest BCUT2D eigenvalue weighted by Crippen LogP contribution is -2.44. The molecule has 3 N–H and O–H groups in total. The van der Waals surface area contributed by atoms with E-state index >= 15 is 0 Å². The summed E-state index contributed by atoms with van der Waals surface area (Å²) in [6.07, 6.45) is 5.16. The summed E-state index contributed by atoms with van der Waals surface area (Å²) in [5, 5.41) is 9.12. The second-order valence-electron chi connectivity index (χ2n) is 7.96. The first-order chi connectivity index (χ1) is 13.4. The third-order valence-corrected chi connectivity index (χ3v) is 5.74. The van der Waals surface area contributed by atoms with Crippen LogP contribution in [0.15, 0.2) is 17.1 Å². The Bertz CT molecular complexity index is 657.